The lowest BCUT2D eigenvalue weighted by molar-refractivity contribution is -0.238. The third kappa shape index (κ3) is 10.2. The molecule has 0 aromatic heterocycles. The van der Waals surface area contributed by atoms with Crippen LogP contribution in [-0.4, -0.2) is 117 Å². The minimum atomic E-state index is -0.0568. The van der Waals surface area contributed by atoms with Crippen LogP contribution in [0.2, 0.25) is 0 Å². The van der Waals surface area contributed by atoms with E-state index < -0.39 is 0 Å². The number of ether oxygens (including phenoxy) is 4. The van der Waals surface area contributed by atoms with Crippen molar-refractivity contribution in [3.63, 3.8) is 0 Å². The SMILES string of the molecule is CN1C(C)(C)CC(OC2CC(OC3CC(C)(C)NC(C)(C)C3)C(OC3CC(C)(C)N(C)C(C)(C)C3)CC2OC2CC(C)(C)NC(C)(C)C2)CC1(C)C. The van der Waals surface area contributed by atoms with Crippen molar-refractivity contribution in [3.8, 4) is 0 Å². The molecular weight excluding hydrogens is 649 g/mol. The van der Waals surface area contributed by atoms with E-state index in [4.69, 9.17) is 18.9 Å². The average Bonchev–Trinajstić information content (AvgIpc) is 2.88. The average molecular weight is 733 g/mol. The topological polar surface area (TPSA) is 67.5 Å². The fraction of sp³-hybridized carbons (Fsp3) is 1.00. The van der Waals surface area contributed by atoms with Gasteiger partial charge in [0.15, 0.2) is 0 Å². The predicted molar refractivity (Wildman–Crippen MR) is 215 cm³/mol. The fourth-order valence-electron chi connectivity index (χ4n) is 12.0. The lowest BCUT2D eigenvalue weighted by Crippen LogP contribution is -2.63. The molecular formula is C44H84N4O4. The number of hydrogen-bond donors (Lipinski definition) is 2. The Morgan fingerprint density at radius 1 is 0.346 bits per heavy atom. The second-order valence-corrected chi connectivity index (χ2v) is 23.4. The lowest BCUT2D eigenvalue weighted by Gasteiger charge is -2.56. The third-order valence-corrected chi connectivity index (χ3v) is 14.1. The minimum absolute atomic E-state index is 0.000894. The van der Waals surface area contributed by atoms with Crippen molar-refractivity contribution < 1.29 is 18.9 Å². The largest absolute Gasteiger partial charge is 0.372 e. The van der Waals surface area contributed by atoms with Gasteiger partial charge in [-0.05, 0) is 176 Å². The van der Waals surface area contributed by atoms with E-state index in [2.05, 4.69) is 145 Å². The number of hydrogen-bond acceptors (Lipinski definition) is 8. The van der Waals surface area contributed by atoms with E-state index in [1.165, 1.54) is 0 Å². The molecule has 4 heterocycles. The van der Waals surface area contributed by atoms with Gasteiger partial charge in [-0.25, -0.2) is 0 Å². The maximum absolute atomic E-state index is 7.41. The number of nitrogens with zero attached hydrogens (tertiary/aromatic N) is 2. The Balaban J connectivity index is 1.47. The van der Waals surface area contributed by atoms with E-state index in [1.807, 2.05) is 0 Å². The summed E-state index contributed by atoms with van der Waals surface area (Å²) in [6.45, 7) is 37.6. The van der Waals surface area contributed by atoms with Crippen molar-refractivity contribution in [1.29, 1.82) is 0 Å². The van der Waals surface area contributed by atoms with Crippen LogP contribution in [0.15, 0.2) is 0 Å². The van der Waals surface area contributed by atoms with E-state index in [0.717, 1.165) is 64.2 Å². The summed E-state index contributed by atoms with van der Waals surface area (Å²) < 4.78 is 29.6. The minimum Gasteiger partial charge on any atom is -0.372 e. The van der Waals surface area contributed by atoms with Crippen LogP contribution in [0.5, 0.6) is 0 Å². The second-order valence-electron chi connectivity index (χ2n) is 23.4. The molecule has 0 aromatic rings. The van der Waals surface area contributed by atoms with Crippen LogP contribution < -0.4 is 10.6 Å². The van der Waals surface area contributed by atoms with E-state index >= 15 is 0 Å². The number of piperidine rings is 4. The number of rotatable bonds is 8. The Hall–Kier alpha value is -0.320. The Morgan fingerprint density at radius 3 is 0.750 bits per heavy atom. The molecule has 4 atom stereocenters. The van der Waals surface area contributed by atoms with Crippen LogP contribution >= 0.6 is 0 Å². The molecule has 0 radical (unpaired) electrons. The van der Waals surface area contributed by atoms with Gasteiger partial charge in [0.1, 0.15) is 0 Å². The van der Waals surface area contributed by atoms with E-state index in [1.54, 1.807) is 0 Å². The van der Waals surface area contributed by atoms with Gasteiger partial charge in [0.05, 0.1) is 48.8 Å². The molecule has 5 aliphatic rings. The quantitative estimate of drug-likeness (QED) is 0.259. The van der Waals surface area contributed by atoms with Gasteiger partial charge in [0.25, 0.3) is 0 Å². The zero-order valence-corrected chi connectivity index (χ0v) is 37.2. The first kappa shape index (κ1) is 42.8. The molecule has 4 unspecified atom stereocenters. The molecule has 52 heavy (non-hydrogen) atoms. The molecule has 5 rings (SSSR count). The zero-order valence-electron chi connectivity index (χ0n) is 37.2. The van der Waals surface area contributed by atoms with Gasteiger partial charge in [0.2, 0.25) is 0 Å². The van der Waals surface area contributed by atoms with Gasteiger partial charge in [0, 0.05) is 57.2 Å². The summed E-state index contributed by atoms with van der Waals surface area (Å²) in [5, 5.41) is 7.75. The molecule has 2 N–H and O–H groups in total. The molecule has 8 nitrogen and oxygen atoms in total. The van der Waals surface area contributed by atoms with Gasteiger partial charge in [-0.15, -0.1) is 0 Å². The monoisotopic (exact) mass is 733 g/mol. The predicted octanol–water partition coefficient (Wildman–Crippen LogP) is 8.24. The number of nitrogens with one attached hydrogen (secondary N) is 2. The molecule has 5 fully saturated rings. The highest BCUT2D eigenvalue weighted by atomic mass is 16.6. The molecule has 4 saturated heterocycles. The van der Waals surface area contributed by atoms with Crippen LogP contribution in [0.25, 0.3) is 0 Å². The first-order valence-corrected chi connectivity index (χ1v) is 21.1. The summed E-state index contributed by atoms with van der Waals surface area (Å²) >= 11 is 0. The first-order valence-electron chi connectivity index (χ1n) is 21.1. The normalized spacial score (nSPS) is 36.8. The molecule has 0 aromatic carbocycles. The molecule has 0 spiro atoms. The third-order valence-electron chi connectivity index (χ3n) is 14.1. The van der Waals surface area contributed by atoms with Gasteiger partial charge >= 0.3 is 0 Å². The molecule has 1 aliphatic carbocycles. The Kier molecular flexibility index (Phi) is 11.7. The van der Waals surface area contributed by atoms with Crippen LogP contribution in [0.3, 0.4) is 0 Å². The van der Waals surface area contributed by atoms with Gasteiger partial charge < -0.3 is 29.6 Å². The molecule has 304 valence electrons. The van der Waals surface area contributed by atoms with Crippen molar-refractivity contribution in [3.05, 3.63) is 0 Å². The Bertz CT molecular complexity index is 1080. The van der Waals surface area contributed by atoms with E-state index in [9.17, 15) is 0 Å². The maximum Gasteiger partial charge on any atom is 0.0867 e. The number of likely N-dealkylation sites (tertiary alicyclic amines) is 2. The summed E-state index contributed by atoms with van der Waals surface area (Å²) in [5.41, 5.74) is 0.179. The highest BCUT2D eigenvalue weighted by molar-refractivity contribution is 5.05. The summed E-state index contributed by atoms with van der Waals surface area (Å²) in [6.07, 6.45) is 9.93. The molecule has 1 saturated carbocycles. The summed E-state index contributed by atoms with van der Waals surface area (Å²) in [7, 11) is 4.56. The second kappa shape index (κ2) is 14.3. The summed E-state index contributed by atoms with van der Waals surface area (Å²) in [6, 6.07) is 0. The highest BCUT2D eigenvalue weighted by Crippen LogP contribution is 2.44. The zero-order chi connectivity index (χ0) is 39.1. The smallest absolute Gasteiger partial charge is 0.0867 e. The Morgan fingerprint density at radius 2 is 0.538 bits per heavy atom. The molecule has 0 bridgehead atoms. The highest BCUT2D eigenvalue weighted by Gasteiger charge is 2.51. The Labute approximate surface area is 320 Å². The van der Waals surface area contributed by atoms with Crippen molar-refractivity contribution in [2.45, 2.75) is 268 Å². The maximum atomic E-state index is 7.41. The van der Waals surface area contributed by atoms with Crippen molar-refractivity contribution in [2.75, 3.05) is 14.1 Å². The van der Waals surface area contributed by atoms with Crippen molar-refractivity contribution in [1.82, 2.24) is 20.4 Å². The first-order chi connectivity index (χ1) is 23.4. The van der Waals surface area contributed by atoms with Crippen LogP contribution in [0, 0.1) is 0 Å². The summed E-state index contributed by atoms with van der Waals surface area (Å²) in [4.78, 5) is 5.10. The molecule has 0 amide bonds. The van der Waals surface area contributed by atoms with Gasteiger partial charge in [-0.2, -0.15) is 0 Å². The van der Waals surface area contributed by atoms with Crippen molar-refractivity contribution >= 4 is 0 Å². The van der Waals surface area contributed by atoms with Gasteiger partial charge in [-0.3, -0.25) is 9.80 Å². The molecule has 8 heteroatoms. The van der Waals surface area contributed by atoms with Crippen LogP contribution in [0.4, 0.5) is 0 Å². The van der Waals surface area contributed by atoms with E-state index in [0.29, 0.717) is 0 Å². The van der Waals surface area contributed by atoms with Crippen molar-refractivity contribution in [2.24, 2.45) is 0 Å². The fourth-order valence-corrected chi connectivity index (χ4v) is 12.0. The van der Waals surface area contributed by atoms with E-state index in [-0.39, 0.29) is 93.1 Å². The van der Waals surface area contributed by atoms with Gasteiger partial charge in [-0.1, -0.05) is 0 Å². The van der Waals surface area contributed by atoms with Crippen LogP contribution in [0.1, 0.15) is 175 Å². The standard InChI is InChI=1S/C44H84N4O4/c1-37(2)21-29(22-38(3,4)45-37)49-33-19-36(52-32-27-43(13,14)48(18)44(15,16)28-32)34(50-30-23-39(5,6)46-40(7,8)24-30)20-35(33)51-31-25-41(9,10)47(17)42(11,12)26-31/h29-36,45-46H,19-28H2,1-18H3. The van der Waals surface area contributed by atoms with Crippen LogP contribution in [-0.2, 0) is 18.9 Å². The lowest BCUT2D eigenvalue weighted by atomic mass is 9.77. The summed E-state index contributed by atoms with van der Waals surface area (Å²) in [5.74, 6) is 0. The molecule has 4 aliphatic heterocycles.